The molecule has 1 aliphatic rings. The zero-order chi connectivity index (χ0) is 13.4. The summed E-state index contributed by atoms with van der Waals surface area (Å²) in [5.41, 5.74) is 5.53. The second-order valence-electron chi connectivity index (χ2n) is 6.17. The summed E-state index contributed by atoms with van der Waals surface area (Å²) in [4.78, 5) is 3.52. The number of rotatable bonds is 5. The van der Waals surface area contributed by atoms with Crippen molar-refractivity contribution in [1.82, 2.24) is 10.3 Å². The molecule has 0 bridgehead atoms. The number of aromatic amines is 1. The van der Waals surface area contributed by atoms with Crippen molar-refractivity contribution >= 4 is 10.9 Å². The lowest BCUT2D eigenvalue weighted by molar-refractivity contribution is 0.682. The van der Waals surface area contributed by atoms with E-state index in [0.717, 1.165) is 19.0 Å². The maximum atomic E-state index is 3.61. The van der Waals surface area contributed by atoms with Crippen LogP contribution < -0.4 is 5.32 Å². The molecule has 0 saturated heterocycles. The van der Waals surface area contributed by atoms with Gasteiger partial charge in [0.15, 0.2) is 0 Å². The predicted octanol–water partition coefficient (Wildman–Crippen LogP) is 3.89. The normalized spacial score (nSPS) is 15.6. The highest BCUT2D eigenvalue weighted by Crippen LogP contribution is 2.27. The molecule has 0 atom stereocenters. The number of benzene rings is 1. The first-order valence-corrected chi connectivity index (χ1v) is 7.49. The van der Waals surface area contributed by atoms with Gasteiger partial charge in [-0.15, -0.1) is 0 Å². The lowest BCUT2D eigenvalue weighted by Gasteiger charge is -2.07. The van der Waals surface area contributed by atoms with Crippen molar-refractivity contribution in [1.29, 1.82) is 0 Å². The molecule has 2 N–H and O–H groups in total. The standard InChI is InChI=1S/C17H24N2/c1-11(2)13-4-7-17-16(10-13)15(12(3)19-17)8-9-18-14-5-6-14/h4,7,10-11,14,18-19H,5-6,8-9H2,1-3H3. The van der Waals surface area contributed by atoms with Crippen LogP contribution in [0.3, 0.4) is 0 Å². The maximum absolute atomic E-state index is 3.61. The van der Waals surface area contributed by atoms with E-state index < -0.39 is 0 Å². The molecule has 0 aliphatic heterocycles. The summed E-state index contributed by atoms with van der Waals surface area (Å²) in [5.74, 6) is 0.594. The highest BCUT2D eigenvalue weighted by Gasteiger charge is 2.20. The molecule has 2 nitrogen and oxygen atoms in total. The van der Waals surface area contributed by atoms with Crippen molar-refractivity contribution < 1.29 is 0 Å². The van der Waals surface area contributed by atoms with Crippen LogP contribution in [0.4, 0.5) is 0 Å². The fraction of sp³-hybridized carbons (Fsp3) is 0.529. The number of hydrogen-bond donors (Lipinski definition) is 2. The van der Waals surface area contributed by atoms with Crippen molar-refractivity contribution in [2.75, 3.05) is 6.54 Å². The molecule has 1 heterocycles. The molecule has 0 radical (unpaired) electrons. The molecule has 3 rings (SSSR count). The molecule has 1 aliphatic carbocycles. The largest absolute Gasteiger partial charge is 0.358 e. The number of fused-ring (bicyclic) bond motifs is 1. The van der Waals surface area contributed by atoms with Gasteiger partial charge in [0.2, 0.25) is 0 Å². The Morgan fingerprint density at radius 3 is 2.79 bits per heavy atom. The van der Waals surface area contributed by atoms with E-state index >= 15 is 0 Å². The molecule has 102 valence electrons. The molecule has 0 unspecified atom stereocenters. The average Bonchev–Trinajstić information content (AvgIpc) is 3.14. The molecule has 0 amide bonds. The van der Waals surface area contributed by atoms with Gasteiger partial charge in [-0.2, -0.15) is 0 Å². The number of aromatic nitrogens is 1. The fourth-order valence-corrected chi connectivity index (χ4v) is 2.77. The summed E-state index contributed by atoms with van der Waals surface area (Å²) in [6, 6.07) is 7.65. The van der Waals surface area contributed by atoms with E-state index in [-0.39, 0.29) is 0 Å². The third-order valence-corrected chi connectivity index (χ3v) is 4.20. The van der Waals surface area contributed by atoms with Gasteiger partial charge in [-0.05, 0) is 61.9 Å². The molecule has 0 spiro atoms. The van der Waals surface area contributed by atoms with Gasteiger partial charge in [-0.3, -0.25) is 0 Å². The topological polar surface area (TPSA) is 27.8 Å². The number of aryl methyl sites for hydroxylation is 1. The maximum Gasteiger partial charge on any atom is 0.0459 e. The Bertz CT molecular complexity index is 576. The van der Waals surface area contributed by atoms with Gasteiger partial charge in [-0.25, -0.2) is 0 Å². The first-order valence-electron chi connectivity index (χ1n) is 7.49. The van der Waals surface area contributed by atoms with Gasteiger partial charge in [0.05, 0.1) is 0 Å². The van der Waals surface area contributed by atoms with Crippen molar-refractivity contribution in [3.63, 3.8) is 0 Å². The third-order valence-electron chi connectivity index (χ3n) is 4.20. The van der Waals surface area contributed by atoms with E-state index in [1.54, 1.807) is 0 Å². The van der Waals surface area contributed by atoms with Crippen molar-refractivity contribution in [3.05, 3.63) is 35.0 Å². The lowest BCUT2D eigenvalue weighted by atomic mass is 9.99. The summed E-state index contributed by atoms with van der Waals surface area (Å²) in [5, 5.41) is 5.03. The zero-order valence-corrected chi connectivity index (χ0v) is 12.2. The fourth-order valence-electron chi connectivity index (χ4n) is 2.77. The van der Waals surface area contributed by atoms with Crippen LogP contribution in [0, 0.1) is 6.92 Å². The molecule has 2 aromatic rings. The second kappa shape index (κ2) is 5.01. The van der Waals surface area contributed by atoms with E-state index in [4.69, 9.17) is 0 Å². The van der Waals surface area contributed by atoms with Gasteiger partial charge >= 0.3 is 0 Å². The summed E-state index contributed by atoms with van der Waals surface area (Å²) in [6.07, 6.45) is 3.86. The molecule has 19 heavy (non-hydrogen) atoms. The van der Waals surface area contributed by atoms with Crippen molar-refractivity contribution in [3.8, 4) is 0 Å². The third kappa shape index (κ3) is 2.69. The molecule has 2 heteroatoms. The van der Waals surface area contributed by atoms with E-state index in [1.165, 1.54) is 40.6 Å². The van der Waals surface area contributed by atoms with E-state index in [1.807, 2.05) is 0 Å². The summed E-state index contributed by atoms with van der Waals surface area (Å²) < 4.78 is 0. The quantitative estimate of drug-likeness (QED) is 0.834. The van der Waals surface area contributed by atoms with Crippen LogP contribution in [-0.2, 0) is 6.42 Å². The monoisotopic (exact) mass is 256 g/mol. The van der Waals surface area contributed by atoms with E-state index in [2.05, 4.69) is 49.3 Å². The number of H-pyrrole nitrogens is 1. The molecule has 1 saturated carbocycles. The molecule has 1 aromatic carbocycles. The van der Waals surface area contributed by atoms with Crippen LogP contribution in [0.25, 0.3) is 10.9 Å². The Hall–Kier alpha value is -1.28. The molecular weight excluding hydrogens is 232 g/mol. The van der Waals surface area contributed by atoms with Gasteiger partial charge in [0.25, 0.3) is 0 Å². The SMILES string of the molecule is Cc1[nH]c2ccc(C(C)C)cc2c1CCNC1CC1. The minimum atomic E-state index is 0.594. The summed E-state index contributed by atoms with van der Waals surface area (Å²) in [6.45, 7) is 7.82. The van der Waals surface area contributed by atoms with Crippen LogP contribution in [-0.4, -0.2) is 17.6 Å². The van der Waals surface area contributed by atoms with Crippen molar-refractivity contribution in [2.45, 2.75) is 52.0 Å². The minimum Gasteiger partial charge on any atom is -0.358 e. The van der Waals surface area contributed by atoms with Gasteiger partial charge in [-0.1, -0.05) is 19.9 Å². The molecule has 1 aromatic heterocycles. The molecular formula is C17H24N2. The molecule has 1 fully saturated rings. The van der Waals surface area contributed by atoms with Gasteiger partial charge in [0.1, 0.15) is 0 Å². The van der Waals surface area contributed by atoms with Crippen LogP contribution >= 0.6 is 0 Å². The highest BCUT2D eigenvalue weighted by atomic mass is 14.9. The van der Waals surface area contributed by atoms with Gasteiger partial charge in [0, 0.05) is 22.6 Å². The highest BCUT2D eigenvalue weighted by molar-refractivity contribution is 5.85. The zero-order valence-electron chi connectivity index (χ0n) is 12.2. The first-order chi connectivity index (χ1) is 9.15. The Labute approximate surface area is 115 Å². The van der Waals surface area contributed by atoms with Gasteiger partial charge < -0.3 is 10.3 Å². The van der Waals surface area contributed by atoms with Crippen LogP contribution in [0.2, 0.25) is 0 Å². The Morgan fingerprint density at radius 1 is 1.32 bits per heavy atom. The van der Waals surface area contributed by atoms with Crippen molar-refractivity contribution in [2.24, 2.45) is 0 Å². The summed E-state index contributed by atoms with van der Waals surface area (Å²) in [7, 11) is 0. The second-order valence-corrected chi connectivity index (χ2v) is 6.17. The predicted molar refractivity (Wildman–Crippen MR) is 81.9 cm³/mol. The minimum absolute atomic E-state index is 0.594. The van der Waals surface area contributed by atoms with Crippen LogP contribution in [0.5, 0.6) is 0 Å². The van der Waals surface area contributed by atoms with E-state index in [0.29, 0.717) is 5.92 Å². The first kappa shape index (κ1) is 12.7. The number of hydrogen-bond acceptors (Lipinski definition) is 1. The summed E-state index contributed by atoms with van der Waals surface area (Å²) >= 11 is 0. The van der Waals surface area contributed by atoms with Crippen LogP contribution in [0.1, 0.15) is 49.4 Å². The van der Waals surface area contributed by atoms with E-state index in [9.17, 15) is 0 Å². The lowest BCUT2D eigenvalue weighted by Crippen LogP contribution is -2.19. The Balaban J connectivity index is 1.86. The smallest absolute Gasteiger partial charge is 0.0459 e. The Morgan fingerprint density at radius 2 is 2.11 bits per heavy atom. The Kier molecular flexibility index (Phi) is 3.36. The average molecular weight is 256 g/mol. The van der Waals surface area contributed by atoms with Crippen LogP contribution in [0.15, 0.2) is 18.2 Å². The number of nitrogens with one attached hydrogen (secondary N) is 2.